The Bertz CT molecular complexity index is 678. The summed E-state index contributed by atoms with van der Waals surface area (Å²) in [5.74, 6) is 0.628. The lowest BCUT2D eigenvalue weighted by Gasteiger charge is -2.57. The van der Waals surface area contributed by atoms with Crippen LogP contribution < -0.4 is 5.09 Å². The highest BCUT2D eigenvalue weighted by molar-refractivity contribution is 7.45. The van der Waals surface area contributed by atoms with Crippen molar-refractivity contribution in [2.45, 2.75) is 129 Å². The first-order chi connectivity index (χ1) is 15.7. The van der Waals surface area contributed by atoms with Gasteiger partial charge in [-0.3, -0.25) is 4.90 Å². The van der Waals surface area contributed by atoms with Gasteiger partial charge < -0.3 is 9.05 Å². The second-order valence-corrected chi connectivity index (χ2v) is 12.7. The Morgan fingerprint density at radius 3 is 2.27 bits per heavy atom. The fraction of sp³-hybridized carbons (Fsp3) is 0.786. The van der Waals surface area contributed by atoms with Crippen molar-refractivity contribution < 1.29 is 9.05 Å². The SMILES string of the molecule is CCCCCCCC(NP1OCC(CC)O1)C1CC(C)(C)N(Cc2ccccc2)C(C)(C)C1. The van der Waals surface area contributed by atoms with Crippen molar-refractivity contribution >= 4 is 8.53 Å². The molecule has 0 spiro atoms. The zero-order valence-corrected chi connectivity index (χ0v) is 23.0. The molecule has 4 nitrogen and oxygen atoms in total. The van der Waals surface area contributed by atoms with Crippen molar-refractivity contribution in [3.8, 4) is 0 Å². The maximum absolute atomic E-state index is 6.20. The Balaban J connectivity index is 1.69. The molecule has 2 aliphatic heterocycles. The van der Waals surface area contributed by atoms with Crippen LogP contribution in [0.1, 0.15) is 105 Å². The summed E-state index contributed by atoms with van der Waals surface area (Å²) >= 11 is 0. The van der Waals surface area contributed by atoms with Crippen LogP contribution in [0.15, 0.2) is 30.3 Å². The van der Waals surface area contributed by atoms with Crippen molar-refractivity contribution in [2.24, 2.45) is 5.92 Å². The number of piperidine rings is 1. The van der Waals surface area contributed by atoms with E-state index in [0.29, 0.717) is 12.0 Å². The minimum atomic E-state index is -0.958. The van der Waals surface area contributed by atoms with Crippen LogP contribution >= 0.6 is 8.53 Å². The van der Waals surface area contributed by atoms with Crippen molar-refractivity contribution in [2.75, 3.05) is 6.61 Å². The molecular formula is C28H49N2O2P. The number of nitrogens with zero attached hydrogens (tertiary/aromatic N) is 1. The van der Waals surface area contributed by atoms with E-state index in [1.807, 2.05) is 0 Å². The van der Waals surface area contributed by atoms with Crippen molar-refractivity contribution in [1.29, 1.82) is 0 Å². The minimum Gasteiger partial charge on any atom is -0.319 e. The molecule has 1 N–H and O–H groups in total. The quantitative estimate of drug-likeness (QED) is 0.246. The van der Waals surface area contributed by atoms with Crippen LogP contribution in [0.4, 0.5) is 0 Å². The van der Waals surface area contributed by atoms with Crippen LogP contribution in [0.2, 0.25) is 0 Å². The van der Waals surface area contributed by atoms with Crippen LogP contribution in [-0.4, -0.2) is 34.7 Å². The number of hydrogen-bond donors (Lipinski definition) is 1. The lowest BCUT2D eigenvalue weighted by Crippen LogP contribution is -2.62. The van der Waals surface area contributed by atoms with Crippen molar-refractivity contribution in [1.82, 2.24) is 9.99 Å². The van der Waals surface area contributed by atoms with Crippen LogP contribution in [0.5, 0.6) is 0 Å². The van der Waals surface area contributed by atoms with Gasteiger partial charge in [0.2, 0.25) is 0 Å². The fourth-order valence-corrected chi connectivity index (χ4v) is 7.58. The first-order valence-electron chi connectivity index (χ1n) is 13.4. The minimum absolute atomic E-state index is 0.140. The molecule has 2 fully saturated rings. The predicted octanol–water partition coefficient (Wildman–Crippen LogP) is 7.83. The Hall–Kier alpha value is -0.510. The van der Waals surface area contributed by atoms with E-state index in [9.17, 15) is 0 Å². The lowest BCUT2D eigenvalue weighted by molar-refractivity contribution is -0.0647. The summed E-state index contributed by atoms with van der Waals surface area (Å²) in [6.45, 7) is 16.0. The normalized spacial score (nSPS) is 26.5. The number of nitrogens with one attached hydrogen (secondary N) is 1. The van der Waals surface area contributed by atoms with E-state index in [-0.39, 0.29) is 17.2 Å². The zero-order valence-electron chi connectivity index (χ0n) is 22.1. The highest BCUT2D eigenvalue weighted by Gasteiger charge is 2.47. The predicted molar refractivity (Wildman–Crippen MR) is 141 cm³/mol. The average molecular weight is 477 g/mol. The zero-order chi connectivity index (χ0) is 23.9. The molecule has 0 radical (unpaired) electrons. The molecule has 33 heavy (non-hydrogen) atoms. The van der Waals surface area contributed by atoms with Gasteiger partial charge in [-0.25, -0.2) is 5.09 Å². The molecule has 2 saturated heterocycles. The topological polar surface area (TPSA) is 33.7 Å². The molecule has 3 unspecified atom stereocenters. The van der Waals surface area contributed by atoms with Gasteiger partial charge in [0, 0.05) is 23.7 Å². The summed E-state index contributed by atoms with van der Waals surface area (Å²) in [4.78, 5) is 2.74. The molecule has 5 heteroatoms. The van der Waals surface area contributed by atoms with Crippen molar-refractivity contribution in [3.05, 3.63) is 35.9 Å². The summed E-state index contributed by atoms with van der Waals surface area (Å²) < 4.78 is 12.2. The number of hydrogen-bond acceptors (Lipinski definition) is 4. The van der Waals surface area contributed by atoms with Crippen LogP contribution in [0.25, 0.3) is 0 Å². The summed E-state index contributed by atoms with van der Waals surface area (Å²) in [7, 11) is -0.958. The van der Waals surface area contributed by atoms with Gasteiger partial charge in [0.1, 0.15) is 0 Å². The van der Waals surface area contributed by atoms with E-state index in [1.165, 1.54) is 56.9 Å². The van der Waals surface area contributed by atoms with Gasteiger partial charge >= 0.3 is 0 Å². The van der Waals surface area contributed by atoms with E-state index < -0.39 is 8.53 Å². The maximum Gasteiger partial charge on any atom is 0.256 e. The van der Waals surface area contributed by atoms with E-state index in [1.54, 1.807) is 0 Å². The Kier molecular flexibility index (Phi) is 10.2. The third-order valence-corrected chi connectivity index (χ3v) is 9.12. The van der Waals surface area contributed by atoms with Gasteiger partial charge in [-0.05, 0) is 64.9 Å². The number of likely N-dealkylation sites (tertiary alicyclic amines) is 1. The standard InChI is InChI=1S/C28H49N2O2P/c1-7-9-10-11-15-18-26(29-33-31-22-25(8-2)32-33)24-19-27(3,4)30(28(5,6)20-24)21-23-16-13-12-14-17-23/h12-14,16-17,24-26,29H,7-11,15,18-22H2,1-6H3. The third kappa shape index (κ3) is 7.74. The molecular weight excluding hydrogens is 427 g/mol. The number of benzene rings is 1. The molecule has 0 bridgehead atoms. The lowest BCUT2D eigenvalue weighted by atomic mass is 9.70. The van der Waals surface area contributed by atoms with Crippen molar-refractivity contribution in [3.63, 3.8) is 0 Å². The van der Waals surface area contributed by atoms with Gasteiger partial charge in [0.25, 0.3) is 8.53 Å². The van der Waals surface area contributed by atoms with Gasteiger partial charge in [-0.2, -0.15) is 0 Å². The third-order valence-electron chi connectivity index (χ3n) is 7.71. The number of rotatable bonds is 12. The molecule has 0 aromatic heterocycles. The molecule has 188 valence electrons. The monoisotopic (exact) mass is 476 g/mol. The first kappa shape index (κ1) is 27.1. The maximum atomic E-state index is 6.20. The molecule has 1 aromatic rings. The summed E-state index contributed by atoms with van der Waals surface area (Å²) in [6, 6.07) is 11.4. The van der Waals surface area contributed by atoms with E-state index >= 15 is 0 Å². The molecule has 1 aromatic carbocycles. The fourth-order valence-electron chi connectivity index (χ4n) is 5.99. The Morgan fingerprint density at radius 1 is 1.00 bits per heavy atom. The van der Waals surface area contributed by atoms with Gasteiger partial charge in [-0.15, -0.1) is 0 Å². The molecule has 3 rings (SSSR count). The molecule has 2 aliphatic rings. The molecule has 0 aliphatic carbocycles. The van der Waals surface area contributed by atoms with Crippen LogP contribution in [0.3, 0.4) is 0 Å². The molecule has 0 amide bonds. The molecule has 3 atom stereocenters. The highest BCUT2D eigenvalue weighted by atomic mass is 31.2. The first-order valence-corrected chi connectivity index (χ1v) is 14.6. The van der Waals surface area contributed by atoms with Gasteiger partial charge in [-0.1, -0.05) is 76.3 Å². The van der Waals surface area contributed by atoms with Crippen LogP contribution in [-0.2, 0) is 15.6 Å². The Labute approximate surface area is 205 Å². The summed E-state index contributed by atoms with van der Waals surface area (Å²) in [5, 5.41) is 3.88. The highest BCUT2D eigenvalue weighted by Crippen LogP contribution is 2.48. The van der Waals surface area contributed by atoms with Gasteiger partial charge in [0.15, 0.2) is 0 Å². The Morgan fingerprint density at radius 2 is 1.67 bits per heavy atom. The van der Waals surface area contributed by atoms with E-state index in [0.717, 1.165) is 19.6 Å². The average Bonchev–Trinajstić information content (AvgIpc) is 3.23. The van der Waals surface area contributed by atoms with E-state index in [4.69, 9.17) is 9.05 Å². The smallest absolute Gasteiger partial charge is 0.256 e. The second-order valence-electron chi connectivity index (χ2n) is 11.5. The summed E-state index contributed by atoms with van der Waals surface area (Å²) in [5.41, 5.74) is 1.69. The number of unbranched alkanes of at least 4 members (excludes halogenated alkanes) is 4. The summed E-state index contributed by atoms with van der Waals surface area (Å²) in [6.07, 6.45) is 11.6. The second kappa shape index (κ2) is 12.5. The molecule has 2 heterocycles. The van der Waals surface area contributed by atoms with E-state index in [2.05, 4.69) is 81.9 Å². The van der Waals surface area contributed by atoms with Gasteiger partial charge in [0.05, 0.1) is 12.7 Å². The largest absolute Gasteiger partial charge is 0.319 e. The van der Waals surface area contributed by atoms with Crippen LogP contribution in [0, 0.1) is 5.92 Å². The molecule has 0 saturated carbocycles.